The van der Waals surface area contributed by atoms with Crippen LogP contribution in [0.15, 0.2) is 42.6 Å². The molecule has 0 spiro atoms. The Bertz CT molecular complexity index is 606. The number of alkyl halides is 3. The molecule has 98 valence electrons. The van der Waals surface area contributed by atoms with Crippen molar-refractivity contribution in [2.24, 2.45) is 0 Å². The quantitative estimate of drug-likeness (QED) is 0.850. The summed E-state index contributed by atoms with van der Waals surface area (Å²) in [5, 5.41) is 0. The first kappa shape index (κ1) is 13.1. The minimum Gasteiger partial charge on any atom is -0.397 e. The zero-order chi connectivity index (χ0) is 14.0. The highest BCUT2D eigenvalue weighted by Crippen LogP contribution is 2.32. The normalized spacial score (nSPS) is 11.3. The maximum Gasteiger partial charge on any atom is 0.417 e. The molecule has 3 nitrogen and oxygen atoms in total. The molecule has 0 atom stereocenters. The Hall–Kier alpha value is -2.37. The SMILES string of the molecule is Nc1ccc(C(=O)c2ccccc2C(F)(F)F)nc1. The van der Waals surface area contributed by atoms with Crippen LogP contribution in [0.3, 0.4) is 0 Å². The number of anilines is 1. The summed E-state index contributed by atoms with van der Waals surface area (Å²) >= 11 is 0. The highest BCUT2D eigenvalue weighted by atomic mass is 19.4. The van der Waals surface area contributed by atoms with Crippen LogP contribution in [0.1, 0.15) is 21.6 Å². The smallest absolute Gasteiger partial charge is 0.397 e. The van der Waals surface area contributed by atoms with Crippen LogP contribution in [0.2, 0.25) is 0 Å². The van der Waals surface area contributed by atoms with Crippen LogP contribution in [-0.2, 0) is 6.18 Å². The van der Waals surface area contributed by atoms with E-state index in [0.717, 1.165) is 12.1 Å². The first-order valence-corrected chi connectivity index (χ1v) is 5.32. The number of ketones is 1. The maximum absolute atomic E-state index is 12.8. The topological polar surface area (TPSA) is 56.0 Å². The van der Waals surface area contributed by atoms with Gasteiger partial charge in [-0.05, 0) is 18.2 Å². The predicted molar refractivity (Wildman–Crippen MR) is 63.5 cm³/mol. The Balaban J connectivity index is 2.48. The molecule has 2 aromatic rings. The van der Waals surface area contributed by atoms with Gasteiger partial charge in [0, 0.05) is 5.56 Å². The summed E-state index contributed by atoms with van der Waals surface area (Å²) in [4.78, 5) is 15.8. The number of nitrogens with zero attached hydrogens (tertiary/aromatic N) is 1. The van der Waals surface area contributed by atoms with Gasteiger partial charge in [-0.1, -0.05) is 18.2 Å². The monoisotopic (exact) mass is 266 g/mol. The molecule has 0 radical (unpaired) electrons. The summed E-state index contributed by atoms with van der Waals surface area (Å²) in [7, 11) is 0. The average molecular weight is 266 g/mol. The number of nitrogen functional groups attached to an aromatic ring is 1. The largest absolute Gasteiger partial charge is 0.417 e. The number of halogens is 3. The number of nitrogens with two attached hydrogens (primary N) is 1. The predicted octanol–water partition coefficient (Wildman–Crippen LogP) is 2.91. The molecule has 2 rings (SSSR count). The highest BCUT2D eigenvalue weighted by molar-refractivity contribution is 6.08. The van der Waals surface area contributed by atoms with Crippen molar-refractivity contribution in [3.8, 4) is 0 Å². The second kappa shape index (κ2) is 4.72. The molecule has 1 aromatic carbocycles. The molecule has 0 unspecified atom stereocenters. The van der Waals surface area contributed by atoms with Crippen molar-refractivity contribution in [1.82, 2.24) is 4.98 Å². The van der Waals surface area contributed by atoms with Gasteiger partial charge < -0.3 is 5.73 Å². The third-order valence-corrected chi connectivity index (χ3v) is 2.50. The van der Waals surface area contributed by atoms with Crippen LogP contribution in [0.5, 0.6) is 0 Å². The number of hydrogen-bond donors (Lipinski definition) is 1. The molecular weight excluding hydrogens is 257 g/mol. The minimum atomic E-state index is -4.58. The zero-order valence-electron chi connectivity index (χ0n) is 9.61. The van der Waals surface area contributed by atoms with E-state index in [0.29, 0.717) is 5.69 Å². The Labute approximate surface area is 106 Å². The molecule has 1 aromatic heterocycles. The summed E-state index contributed by atoms with van der Waals surface area (Å²) in [6.45, 7) is 0. The van der Waals surface area contributed by atoms with E-state index < -0.39 is 23.1 Å². The summed E-state index contributed by atoms with van der Waals surface area (Å²) in [6, 6.07) is 7.31. The molecule has 0 bridgehead atoms. The molecule has 0 amide bonds. The van der Waals surface area contributed by atoms with Gasteiger partial charge in [0.1, 0.15) is 5.69 Å². The molecule has 2 N–H and O–H groups in total. The van der Waals surface area contributed by atoms with Crippen molar-refractivity contribution in [1.29, 1.82) is 0 Å². The van der Waals surface area contributed by atoms with E-state index >= 15 is 0 Å². The Morgan fingerprint density at radius 1 is 1.11 bits per heavy atom. The van der Waals surface area contributed by atoms with Crippen molar-refractivity contribution < 1.29 is 18.0 Å². The van der Waals surface area contributed by atoms with Gasteiger partial charge in [-0.15, -0.1) is 0 Å². The number of rotatable bonds is 2. The van der Waals surface area contributed by atoms with Crippen LogP contribution in [-0.4, -0.2) is 10.8 Å². The number of benzene rings is 1. The molecule has 0 fully saturated rings. The summed E-state index contributed by atoms with van der Waals surface area (Å²) in [6.07, 6.45) is -3.36. The highest BCUT2D eigenvalue weighted by Gasteiger charge is 2.35. The lowest BCUT2D eigenvalue weighted by Crippen LogP contribution is -2.14. The summed E-state index contributed by atoms with van der Waals surface area (Å²) < 4.78 is 38.4. The van der Waals surface area contributed by atoms with Crippen LogP contribution >= 0.6 is 0 Å². The second-order valence-electron chi connectivity index (χ2n) is 3.85. The van der Waals surface area contributed by atoms with E-state index in [9.17, 15) is 18.0 Å². The maximum atomic E-state index is 12.8. The molecular formula is C13H9F3N2O. The number of pyridine rings is 1. The zero-order valence-corrected chi connectivity index (χ0v) is 9.61. The lowest BCUT2D eigenvalue weighted by Gasteiger charge is -2.11. The third-order valence-electron chi connectivity index (χ3n) is 2.50. The molecule has 0 aliphatic rings. The van der Waals surface area contributed by atoms with Gasteiger partial charge in [0.2, 0.25) is 5.78 Å². The van der Waals surface area contributed by atoms with E-state index in [2.05, 4.69) is 4.98 Å². The standard InChI is InChI=1S/C13H9F3N2O/c14-13(15,16)10-4-2-1-3-9(10)12(19)11-6-5-8(17)7-18-11/h1-7H,17H2. The van der Waals surface area contributed by atoms with Crippen LogP contribution < -0.4 is 5.73 Å². The molecule has 19 heavy (non-hydrogen) atoms. The molecule has 0 aliphatic carbocycles. The van der Waals surface area contributed by atoms with E-state index in [1.165, 1.54) is 30.5 Å². The fourth-order valence-corrected chi connectivity index (χ4v) is 1.61. The van der Waals surface area contributed by atoms with Crippen LogP contribution in [0.25, 0.3) is 0 Å². The van der Waals surface area contributed by atoms with Crippen molar-refractivity contribution in [2.45, 2.75) is 6.18 Å². The summed E-state index contributed by atoms with van der Waals surface area (Å²) in [5.74, 6) is -0.784. The fraction of sp³-hybridized carbons (Fsp3) is 0.0769. The van der Waals surface area contributed by atoms with Crippen LogP contribution in [0.4, 0.5) is 18.9 Å². The van der Waals surface area contributed by atoms with Gasteiger partial charge in [0.25, 0.3) is 0 Å². The van der Waals surface area contributed by atoms with Gasteiger partial charge in [0.05, 0.1) is 17.4 Å². The van der Waals surface area contributed by atoms with Crippen molar-refractivity contribution in [2.75, 3.05) is 5.73 Å². The fourth-order valence-electron chi connectivity index (χ4n) is 1.61. The van der Waals surface area contributed by atoms with E-state index in [-0.39, 0.29) is 5.69 Å². The number of carbonyl (C=O) groups excluding carboxylic acids is 1. The molecule has 0 aliphatic heterocycles. The first-order chi connectivity index (χ1) is 8.89. The van der Waals surface area contributed by atoms with Gasteiger partial charge in [-0.25, -0.2) is 0 Å². The Kier molecular flexibility index (Phi) is 3.25. The number of hydrogen-bond acceptors (Lipinski definition) is 3. The van der Waals surface area contributed by atoms with E-state index in [4.69, 9.17) is 5.73 Å². The number of aromatic nitrogens is 1. The Morgan fingerprint density at radius 3 is 2.37 bits per heavy atom. The van der Waals surface area contributed by atoms with E-state index in [1.807, 2.05) is 0 Å². The average Bonchev–Trinajstić information content (AvgIpc) is 2.38. The molecule has 6 heteroatoms. The number of carbonyl (C=O) groups is 1. The van der Waals surface area contributed by atoms with Gasteiger partial charge in [-0.2, -0.15) is 13.2 Å². The van der Waals surface area contributed by atoms with Gasteiger partial charge in [-0.3, -0.25) is 9.78 Å². The summed E-state index contributed by atoms with van der Waals surface area (Å²) in [5.41, 5.74) is 4.27. The Morgan fingerprint density at radius 2 is 1.79 bits per heavy atom. The van der Waals surface area contributed by atoms with Crippen molar-refractivity contribution in [3.63, 3.8) is 0 Å². The van der Waals surface area contributed by atoms with Gasteiger partial charge >= 0.3 is 6.18 Å². The molecule has 0 saturated heterocycles. The van der Waals surface area contributed by atoms with Crippen molar-refractivity contribution in [3.05, 3.63) is 59.4 Å². The van der Waals surface area contributed by atoms with Crippen LogP contribution in [0, 0.1) is 0 Å². The lowest BCUT2D eigenvalue weighted by molar-refractivity contribution is -0.137. The van der Waals surface area contributed by atoms with Crippen molar-refractivity contribution >= 4 is 11.5 Å². The second-order valence-corrected chi connectivity index (χ2v) is 3.85. The minimum absolute atomic E-state index is 0.0779. The van der Waals surface area contributed by atoms with Gasteiger partial charge in [0.15, 0.2) is 0 Å². The lowest BCUT2D eigenvalue weighted by atomic mass is 10.0. The molecule has 1 heterocycles. The first-order valence-electron chi connectivity index (χ1n) is 5.32. The molecule has 0 saturated carbocycles. The van der Waals surface area contributed by atoms with E-state index in [1.54, 1.807) is 0 Å². The third kappa shape index (κ3) is 2.73.